The molecule has 52 valence electrons. The minimum absolute atomic E-state index is 0.0414. The number of likely N-dealkylation sites (tertiary alicyclic amines) is 1. The van der Waals surface area contributed by atoms with Gasteiger partial charge in [0.25, 0.3) is 5.91 Å². The molecule has 0 aromatic heterocycles. The predicted molar refractivity (Wildman–Crippen MR) is 36.0 cm³/mol. The van der Waals surface area contributed by atoms with Gasteiger partial charge in [0.15, 0.2) is 0 Å². The fourth-order valence-corrected chi connectivity index (χ4v) is 0.758. The van der Waals surface area contributed by atoms with Gasteiger partial charge in [0.2, 0.25) is 0 Å². The van der Waals surface area contributed by atoms with Gasteiger partial charge in [-0.3, -0.25) is 4.79 Å². The second-order valence-electron chi connectivity index (χ2n) is 2.24. The summed E-state index contributed by atoms with van der Waals surface area (Å²) in [6, 6.07) is 1.73. The van der Waals surface area contributed by atoms with Gasteiger partial charge in [-0.15, -0.1) is 0 Å². The lowest BCUT2D eigenvalue weighted by Crippen LogP contribution is -2.42. The van der Waals surface area contributed by atoms with Crippen molar-refractivity contribution in [2.45, 2.75) is 6.42 Å². The number of rotatable bonds is 1. The fourth-order valence-electron chi connectivity index (χ4n) is 0.758. The lowest BCUT2D eigenvalue weighted by Gasteiger charge is -2.30. The van der Waals surface area contributed by atoms with E-state index in [1.165, 1.54) is 0 Å². The van der Waals surface area contributed by atoms with E-state index in [-0.39, 0.29) is 11.5 Å². The lowest BCUT2D eigenvalue weighted by atomic mass is 10.2. The highest BCUT2D eigenvalue weighted by Crippen LogP contribution is 2.08. The minimum Gasteiger partial charge on any atom is -0.338 e. The van der Waals surface area contributed by atoms with Crippen LogP contribution < -0.4 is 0 Å². The van der Waals surface area contributed by atoms with Gasteiger partial charge >= 0.3 is 0 Å². The van der Waals surface area contributed by atoms with E-state index < -0.39 is 0 Å². The maximum atomic E-state index is 11.0. The van der Waals surface area contributed by atoms with Crippen LogP contribution in [0.5, 0.6) is 0 Å². The van der Waals surface area contributed by atoms with Crippen LogP contribution in [-0.4, -0.2) is 23.9 Å². The summed E-state index contributed by atoms with van der Waals surface area (Å²) >= 11 is 0. The Morgan fingerprint density at radius 2 is 2.20 bits per heavy atom. The Bertz CT molecular complexity index is 210. The molecular formula is C7H8N2O. The Kier molecular flexibility index (Phi) is 1.72. The van der Waals surface area contributed by atoms with Gasteiger partial charge in [0, 0.05) is 13.1 Å². The van der Waals surface area contributed by atoms with Crippen molar-refractivity contribution in [1.29, 1.82) is 5.26 Å². The summed E-state index contributed by atoms with van der Waals surface area (Å²) in [5.41, 5.74) is 0.0414. The lowest BCUT2D eigenvalue weighted by molar-refractivity contribution is -0.129. The van der Waals surface area contributed by atoms with Crippen LogP contribution in [0.1, 0.15) is 6.42 Å². The van der Waals surface area contributed by atoms with Crippen molar-refractivity contribution in [3.63, 3.8) is 0 Å². The Morgan fingerprint density at radius 1 is 1.60 bits per heavy atom. The topological polar surface area (TPSA) is 44.1 Å². The molecule has 0 spiro atoms. The largest absolute Gasteiger partial charge is 0.338 e. The zero-order valence-electron chi connectivity index (χ0n) is 5.63. The van der Waals surface area contributed by atoms with Crippen molar-refractivity contribution < 1.29 is 4.79 Å². The molecule has 0 atom stereocenters. The molecule has 0 saturated carbocycles. The van der Waals surface area contributed by atoms with Gasteiger partial charge in [-0.1, -0.05) is 6.58 Å². The summed E-state index contributed by atoms with van der Waals surface area (Å²) in [5, 5.41) is 8.28. The highest BCUT2D eigenvalue weighted by molar-refractivity contribution is 5.96. The molecule has 3 nitrogen and oxygen atoms in total. The van der Waals surface area contributed by atoms with E-state index in [0.717, 1.165) is 19.5 Å². The van der Waals surface area contributed by atoms with Crippen molar-refractivity contribution in [2.75, 3.05) is 13.1 Å². The zero-order chi connectivity index (χ0) is 7.56. The third-order valence-electron chi connectivity index (χ3n) is 1.54. The molecule has 0 unspecified atom stereocenters. The van der Waals surface area contributed by atoms with E-state index in [1.807, 2.05) is 0 Å². The highest BCUT2D eigenvalue weighted by atomic mass is 16.2. The van der Waals surface area contributed by atoms with Gasteiger partial charge in [0.1, 0.15) is 11.6 Å². The number of carbonyl (C=O) groups excluding carboxylic acids is 1. The second-order valence-corrected chi connectivity index (χ2v) is 2.24. The first-order chi connectivity index (χ1) is 4.75. The first kappa shape index (κ1) is 6.81. The molecule has 1 aliphatic heterocycles. The number of amides is 1. The van der Waals surface area contributed by atoms with Crippen LogP contribution in [0.2, 0.25) is 0 Å². The van der Waals surface area contributed by atoms with Crippen molar-refractivity contribution in [3.8, 4) is 6.07 Å². The summed E-state index contributed by atoms with van der Waals surface area (Å²) < 4.78 is 0. The number of hydrogen-bond donors (Lipinski definition) is 0. The summed E-state index contributed by atoms with van der Waals surface area (Å²) in [6.07, 6.45) is 1.05. The molecule has 1 fully saturated rings. The molecule has 1 aliphatic rings. The van der Waals surface area contributed by atoms with E-state index in [2.05, 4.69) is 6.58 Å². The van der Waals surface area contributed by atoms with Crippen LogP contribution in [0, 0.1) is 11.3 Å². The monoisotopic (exact) mass is 136 g/mol. The van der Waals surface area contributed by atoms with Crippen LogP contribution in [-0.2, 0) is 4.79 Å². The number of nitrogens with zero attached hydrogens (tertiary/aromatic N) is 2. The normalized spacial score (nSPS) is 15.3. The van der Waals surface area contributed by atoms with Crippen molar-refractivity contribution in [1.82, 2.24) is 4.90 Å². The highest BCUT2D eigenvalue weighted by Gasteiger charge is 2.21. The van der Waals surface area contributed by atoms with Crippen molar-refractivity contribution in [3.05, 3.63) is 12.2 Å². The predicted octanol–water partition coefficient (Wildman–Crippen LogP) is 0.298. The Hall–Kier alpha value is -1.30. The van der Waals surface area contributed by atoms with Gasteiger partial charge in [-0.25, -0.2) is 0 Å². The van der Waals surface area contributed by atoms with Crippen LogP contribution in [0.25, 0.3) is 0 Å². The average molecular weight is 136 g/mol. The van der Waals surface area contributed by atoms with Crippen LogP contribution in [0.15, 0.2) is 12.2 Å². The molecule has 1 amide bonds. The van der Waals surface area contributed by atoms with E-state index in [9.17, 15) is 4.79 Å². The molecule has 1 heterocycles. The maximum absolute atomic E-state index is 11.0. The molecule has 0 aromatic carbocycles. The SMILES string of the molecule is C=C(C#N)C(=O)N1CCC1. The summed E-state index contributed by atoms with van der Waals surface area (Å²) in [4.78, 5) is 12.6. The Morgan fingerprint density at radius 3 is 2.50 bits per heavy atom. The van der Waals surface area contributed by atoms with E-state index >= 15 is 0 Å². The van der Waals surface area contributed by atoms with Crippen molar-refractivity contribution in [2.24, 2.45) is 0 Å². The van der Waals surface area contributed by atoms with Crippen LogP contribution >= 0.6 is 0 Å². The number of nitriles is 1. The molecule has 10 heavy (non-hydrogen) atoms. The van der Waals surface area contributed by atoms with Crippen LogP contribution in [0.4, 0.5) is 0 Å². The van der Waals surface area contributed by atoms with E-state index in [0.29, 0.717) is 0 Å². The second kappa shape index (κ2) is 2.53. The standard InChI is InChI=1S/C7H8N2O/c1-6(5-8)7(10)9-3-2-4-9/h1-4H2. The third-order valence-corrected chi connectivity index (χ3v) is 1.54. The van der Waals surface area contributed by atoms with Gasteiger partial charge in [-0.05, 0) is 6.42 Å². The van der Waals surface area contributed by atoms with Crippen molar-refractivity contribution >= 4 is 5.91 Å². The molecule has 0 bridgehead atoms. The third kappa shape index (κ3) is 1.01. The summed E-state index contributed by atoms with van der Waals surface area (Å²) in [6.45, 7) is 4.88. The van der Waals surface area contributed by atoms with Gasteiger partial charge < -0.3 is 4.90 Å². The summed E-state index contributed by atoms with van der Waals surface area (Å²) in [5.74, 6) is -0.214. The minimum atomic E-state index is -0.214. The average Bonchev–Trinajstić information content (AvgIpc) is 1.82. The van der Waals surface area contributed by atoms with Gasteiger partial charge in [0.05, 0.1) is 0 Å². The molecule has 0 N–H and O–H groups in total. The smallest absolute Gasteiger partial charge is 0.263 e. The summed E-state index contributed by atoms with van der Waals surface area (Å²) in [7, 11) is 0. The Labute approximate surface area is 59.5 Å². The van der Waals surface area contributed by atoms with E-state index in [4.69, 9.17) is 5.26 Å². The molecule has 1 rings (SSSR count). The number of hydrogen-bond acceptors (Lipinski definition) is 2. The fraction of sp³-hybridized carbons (Fsp3) is 0.429. The zero-order valence-corrected chi connectivity index (χ0v) is 5.63. The van der Waals surface area contributed by atoms with Gasteiger partial charge in [-0.2, -0.15) is 5.26 Å². The van der Waals surface area contributed by atoms with E-state index in [1.54, 1.807) is 11.0 Å². The molecular weight excluding hydrogens is 128 g/mol. The molecule has 3 heteroatoms. The molecule has 0 radical (unpaired) electrons. The molecule has 1 saturated heterocycles. The number of carbonyl (C=O) groups is 1. The first-order valence-corrected chi connectivity index (χ1v) is 3.14. The maximum Gasteiger partial charge on any atom is 0.263 e. The Balaban J connectivity index is 2.49. The molecule has 0 aromatic rings. The quantitative estimate of drug-likeness (QED) is 0.384. The van der Waals surface area contributed by atoms with Crippen LogP contribution in [0.3, 0.4) is 0 Å². The molecule has 0 aliphatic carbocycles. The first-order valence-electron chi connectivity index (χ1n) is 3.14.